The minimum atomic E-state index is -1.29. The number of aromatic nitrogens is 3. The van der Waals surface area contributed by atoms with Crippen LogP contribution >= 0.6 is 0 Å². The lowest BCUT2D eigenvalue weighted by Crippen LogP contribution is -2.47. The molecule has 1 aliphatic carbocycles. The Kier molecular flexibility index (Phi) is 10.7. The Morgan fingerprint density at radius 3 is 2.43 bits per heavy atom. The van der Waals surface area contributed by atoms with Crippen LogP contribution in [-0.2, 0) is 22.6 Å². The van der Waals surface area contributed by atoms with Crippen LogP contribution in [0, 0.1) is 12.8 Å². The van der Waals surface area contributed by atoms with E-state index in [1.54, 1.807) is 11.2 Å². The number of ether oxygens (including phenoxy) is 3. The van der Waals surface area contributed by atoms with Gasteiger partial charge in [-0.05, 0) is 89.5 Å². The van der Waals surface area contributed by atoms with Crippen LogP contribution in [0.1, 0.15) is 75.0 Å². The number of fused-ring (bicyclic) bond motifs is 1. The predicted molar refractivity (Wildman–Crippen MR) is 188 cm³/mol. The number of hydrogen-bond acceptors (Lipinski definition) is 7. The molecule has 1 saturated heterocycles. The molecule has 47 heavy (non-hydrogen) atoms. The summed E-state index contributed by atoms with van der Waals surface area (Å²) in [7, 11) is -1.29. The molecule has 3 heterocycles. The van der Waals surface area contributed by atoms with E-state index in [-0.39, 0.29) is 18.0 Å². The number of aryl methyl sites for hydroxylation is 1. The average Bonchev–Trinajstić information content (AvgIpc) is 3.79. The van der Waals surface area contributed by atoms with Crippen LogP contribution in [0.2, 0.25) is 25.7 Å². The normalized spacial score (nSPS) is 16.0. The highest BCUT2D eigenvalue weighted by molar-refractivity contribution is 6.76. The van der Waals surface area contributed by atoms with Crippen LogP contribution in [0.3, 0.4) is 0 Å². The summed E-state index contributed by atoms with van der Waals surface area (Å²) in [6.45, 7) is 19.4. The van der Waals surface area contributed by atoms with Gasteiger partial charge in [0.1, 0.15) is 35.6 Å². The molecule has 1 saturated carbocycles. The summed E-state index contributed by atoms with van der Waals surface area (Å²) in [6.07, 6.45) is 5.82. The fourth-order valence-corrected chi connectivity index (χ4v) is 6.60. The van der Waals surface area contributed by atoms with Crippen molar-refractivity contribution < 1.29 is 23.8 Å². The molecule has 1 aliphatic heterocycles. The lowest BCUT2D eigenvalue weighted by molar-refractivity contribution is 0.0199. The van der Waals surface area contributed by atoms with Gasteiger partial charge in [-0.3, -0.25) is 4.79 Å². The van der Waals surface area contributed by atoms with Gasteiger partial charge in [0.2, 0.25) is 0 Å². The lowest BCUT2D eigenvalue weighted by Gasteiger charge is -2.33. The number of amides is 2. The minimum Gasteiger partial charge on any atom is -0.493 e. The van der Waals surface area contributed by atoms with Gasteiger partial charge in [0.15, 0.2) is 0 Å². The Balaban J connectivity index is 1.46. The summed E-state index contributed by atoms with van der Waals surface area (Å²) in [5, 5.41) is 3.25. The van der Waals surface area contributed by atoms with Crippen LogP contribution in [0.5, 0.6) is 5.75 Å². The summed E-state index contributed by atoms with van der Waals surface area (Å²) >= 11 is 0. The second kappa shape index (κ2) is 14.4. The van der Waals surface area contributed by atoms with Crippen LogP contribution < -0.4 is 10.1 Å². The fourth-order valence-electron chi connectivity index (χ4n) is 5.85. The van der Waals surface area contributed by atoms with Gasteiger partial charge in [0, 0.05) is 45.1 Å². The molecule has 2 aromatic heterocycles. The third-order valence-electron chi connectivity index (χ3n) is 8.90. The Morgan fingerprint density at radius 2 is 1.79 bits per heavy atom. The zero-order valence-corrected chi connectivity index (χ0v) is 30.6. The van der Waals surface area contributed by atoms with Gasteiger partial charge in [-0.25, -0.2) is 14.8 Å². The number of benzene rings is 1. The Morgan fingerprint density at radius 1 is 1.06 bits per heavy atom. The van der Waals surface area contributed by atoms with Crippen LogP contribution in [0.25, 0.3) is 22.3 Å². The maximum Gasteiger partial charge on any atom is 0.410 e. The number of nitrogens with one attached hydrogen (secondary N) is 1. The molecule has 0 spiro atoms. The first-order chi connectivity index (χ1) is 22.2. The molecule has 0 unspecified atom stereocenters. The van der Waals surface area contributed by atoms with Gasteiger partial charge in [0.25, 0.3) is 5.91 Å². The minimum absolute atomic E-state index is 0.0723. The first-order valence-electron chi connectivity index (χ1n) is 17.2. The third-order valence-corrected chi connectivity index (χ3v) is 10.6. The number of rotatable bonds is 12. The van der Waals surface area contributed by atoms with Gasteiger partial charge >= 0.3 is 6.09 Å². The number of nitrogens with zero attached hydrogens (tertiary/aromatic N) is 4. The number of piperidine rings is 1. The second-order valence-electron chi connectivity index (χ2n) is 15.3. The van der Waals surface area contributed by atoms with E-state index < -0.39 is 13.7 Å². The molecule has 10 nitrogen and oxygen atoms in total. The molecule has 1 N–H and O–H groups in total. The second-order valence-corrected chi connectivity index (χ2v) is 20.9. The van der Waals surface area contributed by atoms with Crippen molar-refractivity contribution in [3.8, 4) is 17.0 Å². The maximum atomic E-state index is 14.1. The van der Waals surface area contributed by atoms with Crippen LogP contribution in [0.4, 0.5) is 4.79 Å². The maximum absolute atomic E-state index is 14.1. The smallest absolute Gasteiger partial charge is 0.410 e. The Hall–Kier alpha value is -3.44. The average molecular weight is 664 g/mol. The third kappa shape index (κ3) is 8.93. The summed E-state index contributed by atoms with van der Waals surface area (Å²) in [5.74, 6) is 1.22. The molecule has 0 radical (unpaired) electrons. The largest absolute Gasteiger partial charge is 0.493 e. The number of carbonyl (C=O) groups is 2. The van der Waals surface area contributed by atoms with Gasteiger partial charge < -0.3 is 29.0 Å². The predicted octanol–water partition coefficient (Wildman–Crippen LogP) is 7.20. The zero-order chi connectivity index (χ0) is 33.9. The molecular formula is C36H53N5O5Si. The number of hydrogen-bond donors (Lipinski definition) is 1. The molecule has 11 heteroatoms. The monoisotopic (exact) mass is 663 g/mol. The van der Waals surface area contributed by atoms with Crippen molar-refractivity contribution >= 4 is 31.1 Å². The molecule has 2 aliphatic rings. The molecular weight excluding hydrogens is 611 g/mol. The van der Waals surface area contributed by atoms with E-state index >= 15 is 0 Å². The highest BCUT2D eigenvalue weighted by Crippen LogP contribution is 2.38. The Labute approximate surface area is 280 Å². The Bertz CT molecular complexity index is 1580. The molecule has 0 bridgehead atoms. The zero-order valence-electron chi connectivity index (χ0n) is 29.6. The SMILES string of the molecule is CCc1ccc(OCC2CC2)c(-c2ncnc3c(C(=O)NC4CCN(C(=O)OC(C)(C)C)CC4)c(C)n(COCC[Si](C)(C)C)c23)c1. The first-order valence-corrected chi connectivity index (χ1v) is 20.9. The highest BCUT2D eigenvalue weighted by atomic mass is 28.3. The first kappa shape index (κ1) is 34.9. The highest BCUT2D eigenvalue weighted by Gasteiger charge is 2.31. The number of likely N-dealkylation sites (tertiary alicyclic amines) is 1. The van der Waals surface area contributed by atoms with Crippen molar-refractivity contribution in [3.63, 3.8) is 0 Å². The summed E-state index contributed by atoms with van der Waals surface area (Å²) in [4.78, 5) is 37.9. The van der Waals surface area contributed by atoms with Crippen LogP contribution in [-0.4, -0.2) is 77.5 Å². The summed E-state index contributed by atoms with van der Waals surface area (Å²) in [6, 6.07) is 7.28. The molecule has 3 aromatic rings. The molecule has 256 valence electrons. The van der Waals surface area contributed by atoms with Gasteiger partial charge in [-0.15, -0.1) is 0 Å². The standard InChI is InChI=1S/C36H53N5O5Si/c1-9-25-12-13-29(45-21-26-10-11-26)28(20-25)31-33-32(38-22-37-31)30(24(2)41(33)23-44-18-19-47(6,7)8)34(42)39-27-14-16-40(17-15-27)35(43)46-36(3,4)5/h12-13,20,22,26-27H,9-11,14-19,21,23H2,1-8H3,(H,39,42). The van der Waals surface area contributed by atoms with E-state index in [1.165, 1.54) is 18.4 Å². The van der Waals surface area contributed by atoms with E-state index in [0.717, 1.165) is 40.7 Å². The van der Waals surface area contributed by atoms with Gasteiger partial charge in [-0.1, -0.05) is 32.6 Å². The van der Waals surface area contributed by atoms with E-state index in [1.807, 2.05) is 33.8 Å². The van der Waals surface area contributed by atoms with Crippen LogP contribution in [0.15, 0.2) is 24.5 Å². The molecule has 2 amide bonds. The topological polar surface area (TPSA) is 108 Å². The molecule has 2 fully saturated rings. The van der Waals surface area contributed by atoms with Crippen molar-refractivity contribution in [2.75, 3.05) is 26.3 Å². The molecule has 5 rings (SSSR count). The van der Waals surface area contributed by atoms with Gasteiger partial charge in [0.05, 0.1) is 17.7 Å². The van der Waals surface area contributed by atoms with Crippen molar-refractivity contribution in [2.24, 2.45) is 5.92 Å². The summed E-state index contributed by atoms with van der Waals surface area (Å²) < 4.78 is 20.3. The molecule has 1 aromatic carbocycles. The lowest BCUT2D eigenvalue weighted by atomic mass is 10.0. The van der Waals surface area contributed by atoms with Crippen molar-refractivity contribution in [3.05, 3.63) is 41.3 Å². The van der Waals surface area contributed by atoms with Crippen molar-refractivity contribution in [1.29, 1.82) is 0 Å². The summed E-state index contributed by atoms with van der Waals surface area (Å²) in [5.41, 5.74) is 4.95. The number of carbonyl (C=O) groups excluding carboxylic acids is 2. The quantitative estimate of drug-likeness (QED) is 0.161. The fraction of sp³-hybridized carbons (Fsp3) is 0.611. The van der Waals surface area contributed by atoms with Gasteiger partial charge in [-0.2, -0.15) is 0 Å². The van der Waals surface area contributed by atoms with E-state index in [0.29, 0.717) is 62.9 Å². The molecule has 0 atom stereocenters. The van der Waals surface area contributed by atoms with E-state index in [4.69, 9.17) is 24.2 Å². The van der Waals surface area contributed by atoms with E-state index in [2.05, 4.69) is 48.6 Å². The van der Waals surface area contributed by atoms with E-state index in [9.17, 15) is 9.59 Å². The van der Waals surface area contributed by atoms with Crippen molar-refractivity contribution in [1.82, 2.24) is 24.8 Å². The van der Waals surface area contributed by atoms with Crippen molar-refractivity contribution in [2.45, 2.75) is 111 Å².